The lowest BCUT2D eigenvalue weighted by molar-refractivity contribution is -0.384. The number of methoxy groups -OCH3 is 1. The van der Waals surface area contributed by atoms with E-state index in [9.17, 15) is 10.1 Å². The standard InChI is InChI=1S/C18H14N2O4/c1-23-16-8-4-14(5-9-16)19-12-17-10-11-18(24-17)13-2-6-15(7-3-13)20(21)22/h2-12H,1H3. The number of benzene rings is 2. The van der Waals surface area contributed by atoms with E-state index in [2.05, 4.69) is 4.99 Å². The van der Waals surface area contributed by atoms with Gasteiger partial charge in [-0.2, -0.15) is 0 Å². The summed E-state index contributed by atoms with van der Waals surface area (Å²) in [7, 11) is 1.61. The summed E-state index contributed by atoms with van der Waals surface area (Å²) in [4.78, 5) is 14.6. The van der Waals surface area contributed by atoms with Crippen LogP contribution in [0.15, 0.2) is 70.1 Å². The van der Waals surface area contributed by atoms with E-state index in [1.165, 1.54) is 12.1 Å². The lowest BCUT2D eigenvalue weighted by atomic mass is 10.1. The van der Waals surface area contributed by atoms with Gasteiger partial charge in [-0.15, -0.1) is 0 Å². The molecule has 3 rings (SSSR count). The maximum atomic E-state index is 10.7. The molecular weight excluding hydrogens is 308 g/mol. The van der Waals surface area contributed by atoms with Gasteiger partial charge in [0.2, 0.25) is 0 Å². The number of nitrogens with zero attached hydrogens (tertiary/aromatic N) is 2. The minimum absolute atomic E-state index is 0.0478. The number of furan rings is 1. The third-order valence-corrected chi connectivity index (χ3v) is 3.40. The number of ether oxygens (including phenoxy) is 1. The number of non-ortho nitro benzene ring substituents is 1. The van der Waals surface area contributed by atoms with Crippen LogP contribution in [0.5, 0.6) is 5.75 Å². The molecule has 0 saturated heterocycles. The summed E-state index contributed by atoms with van der Waals surface area (Å²) in [5, 5.41) is 10.7. The van der Waals surface area contributed by atoms with Crippen molar-refractivity contribution in [2.75, 3.05) is 7.11 Å². The summed E-state index contributed by atoms with van der Waals surface area (Å²) in [6.07, 6.45) is 1.62. The van der Waals surface area contributed by atoms with Gasteiger partial charge >= 0.3 is 0 Å². The van der Waals surface area contributed by atoms with Gasteiger partial charge in [-0.25, -0.2) is 0 Å². The van der Waals surface area contributed by atoms with E-state index in [-0.39, 0.29) is 5.69 Å². The number of rotatable bonds is 5. The number of nitro benzene ring substituents is 1. The fourth-order valence-corrected chi connectivity index (χ4v) is 2.13. The van der Waals surface area contributed by atoms with Crippen LogP contribution in [0.25, 0.3) is 11.3 Å². The van der Waals surface area contributed by atoms with Crippen LogP contribution in [-0.2, 0) is 0 Å². The molecule has 3 aromatic rings. The van der Waals surface area contributed by atoms with Crippen molar-refractivity contribution in [2.24, 2.45) is 4.99 Å². The molecule has 0 bridgehead atoms. The largest absolute Gasteiger partial charge is 0.497 e. The summed E-state index contributed by atoms with van der Waals surface area (Å²) in [5.41, 5.74) is 1.60. The van der Waals surface area contributed by atoms with Crippen molar-refractivity contribution < 1.29 is 14.1 Å². The first-order valence-electron chi connectivity index (χ1n) is 7.18. The molecule has 1 aromatic heterocycles. The van der Waals surface area contributed by atoms with Crippen molar-refractivity contribution >= 4 is 17.6 Å². The molecule has 0 aliphatic rings. The molecule has 2 aromatic carbocycles. The maximum absolute atomic E-state index is 10.7. The van der Waals surface area contributed by atoms with Gasteiger partial charge in [-0.3, -0.25) is 15.1 Å². The van der Waals surface area contributed by atoms with Crippen molar-refractivity contribution in [3.8, 4) is 17.1 Å². The molecule has 0 amide bonds. The molecule has 0 fully saturated rings. The van der Waals surface area contributed by atoms with Crippen LogP contribution in [0.3, 0.4) is 0 Å². The fourth-order valence-electron chi connectivity index (χ4n) is 2.13. The molecule has 6 nitrogen and oxygen atoms in total. The highest BCUT2D eigenvalue weighted by atomic mass is 16.6. The highest BCUT2D eigenvalue weighted by Gasteiger charge is 2.07. The molecule has 0 aliphatic carbocycles. The van der Waals surface area contributed by atoms with Gasteiger partial charge in [0.15, 0.2) is 0 Å². The van der Waals surface area contributed by atoms with Gasteiger partial charge in [-0.05, 0) is 48.5 Å². The number of hydrogen-bond donors (Lipinski definition) is 0. The van der Waals surface area contributed by atoms with Gasteiger partial charge in [0.1, 0.15) is 17.3 Å². The maximum Gasteiger partial charge on any atom is 0.269 e. The van der Waals surface area contributed by atoms with Crippen LogP contribution >= 0.6 is 0 Å². The van der Waals surface area contributed by atoms with E-state index in [0.29, 0.717) is 11.5 Å². The van der Waals surface area contributed by atoms with E-state index in [4.69, 9.17) is 9.15 Å². The summed E-state index contributed by atoms with van der Waals surface area (Å²) in [6.45, 7) is 0. The van der Waals surface area contributed by atoms with E-state index in [0.717, 1.165) is 17.0 Å². The molecule has 6 heteroatoms. The van der Waals surface area contributed by atoms with E-state index in [1.807, 2.05) is 24.3 Å². The molecule has 0 spiro atoms. The molecule has 0 unspecified atom stereocenters. The van der Waals surface area contributed by atoms with Gasteiger partial charge in [0, 0.05) is 17.7 Å². The van der Waals surface area contributed by atoms with Crippen LogP contribution in [0, 0.1) is 10.1 Å². The number of nitro groups is 1. The summed E-state index contributed by atoms with van der Waals surface area (Å²) >= 11 is 0. The second-order valence-corrected chi connectivity index (χ2v) is 4.96. The highest BCUT2D eigenvalue weighted by molar-refractivity contribution is 5.80. The molecule has 0 radical (unpaired) electrons. The molecule has 24 heavy (non-hydrogen) atoms. The van der Waals surface area contributed by atoms with Crippen LogP contribution in [-0.4, -0.2) is 18.2 Å². The van der Waals surface area contributed by atoms with E-state index < -0.39 is 4.92 Å². The first-order chi connectivity index (χ1) is 11.7. The Kier molecular flexibility index (Phi) is 4.38. The second-order valence-electron chi connectivity index (χ2n) is 4.96. The Balaban J connectivity index is 1.74. The smallest absolute Gasteiger partial charge is 0.269 e. The molecule has 120 valence electrons. The number of aliphatic imine (C=N–C) groups is 1. The fraction of sp³-hybridized carbons (Fsp3) is 0.0556. The van der Waals surface area contributed by atoms with E-state index in [1.54, 1.807) is 37.6 Å². The first-order valence-corrected chi connectivity index (χ1v) is 7.18. The monoisotopic (exact) mass is 322 g/mol. The van der Waals surface area contributed by atoms with Crippen molar-refractivity contribution in [2.45, 2.75) is 0 Å². The van der Waals surface area contributed by atoms with Crippen LogP contribution in [0.1, 0.15) is 5.76 Å². The zero-order valence-corrected chi connectivity index (χ0v) is 12.9. The molecule has 0 N–H and O–H groups in total. The number of hydrogen-bond acceptors (Lipinski definition) is 5. The molecule has 0 atom stereocenters. The molecular formula is C18H14N2O4. The van der Waals surface area contributed by atoms with Crippen molar-refractivity contribution in [3.05, 3.63) is 76.5 Å². The highest BCUT2D eigenvalue weighted by Crippen LogP contribution is 2.24. The Bertz CT molecular complexity index is 865. The third-order valence-electron chi connectivity index (χ3n) is 3.40. The second kappa shape index (κ2) is 6.78. The van der Waals surface area contributed by atoms with Crippen molar-refractivity contribution in [3.63, 3.8) is 0 Å². The van der Waals surface area contributed by atoms with E-state index >= 15 is 0 Å². The zero-order chi connectivity index (χ0) is 16.9. The lowest BCUT2D eigenvalue weighted by Crippen LogP contribution is -1.86. The zero-order valence-electron chi connectivity index (χ0n) is 12.9. The molecule has 0 aliphatic heterocycles. The Morgan fingerprint density at radius 3 is 2.38 bits per heavy atom. The first kappa shape index (κ1) is 15.5. The minimum atomic E-state index is -0.432. The Labute approximate surface area is 138 Å². The predicted molar refractivity (Wildman–Crippen MR) is 91.0 cm³/mol. The van der Waals surface area contributed by atoms with Crippen LogP contribution in [0.4, 0.5) is 11.4 Å². The molecule has 1 heterocycles. The SMILES string of the molecule is COc1ccc(N=Cc2ccc(-c3ccc([N+](=O)[O-])cc3)o2)cc1. The van der Waals surface area contributed by atoms with Crippen molar-refractivity contribution in [1.82, 2.24) is 0 Å². The van der Waals surface area contributed by atoms with Crippen LogP contribution < -0.4 is 4.74 Å². The lowest BCUT2D eigenvalue weighted by Gasteiger charge is -1.98. The topological polar surface area (TPSA) is 77.9 Å². The Hall–Kier alpha value is -3.41. The van der Waals surface area contributed by atoms with Gasteiger partial charge in [0.25, 0.3) is 5.69 Å². The van der Waals surface area contributed by atoms with Gasteiger partial charge < -0.3 is 9.15 Å². The summed E-state index contributed by atoms with van der Waals surface area (Å²) < 4.78 is 10.8. The normalized spacial score (nSPS) is 10.9. The van der Waals surface area contributed by atoms with Crippen molar-refractivity contribution in [1.29, 1.82) is 0 Å². The Morgan fingerprint density at radius 2 is 1.75 bits per heavy atom. The van der Waals surface area contributed by atoms with Gasteiger partial charge in [-0.1, -0.05) is 0 Å². The average Bonchev–Trinajstić information content (AvgIpc) is 3.09. The average molecular weight is 322 g/mol. The van der Waals surface area contributed by atoms with Crippen LogP contribution in [0.2, 0.25) is 0 Å². The predicted octanol–water partition coefficient (Wildman–Crippen LogP) is 4.61. The quantitative estimate of drug-likeness (QED) is 0.390. The summed E-state index contributed by atoms with van der Waals surface area (Å²) in [5.74, 6) is 1.99. The van der Waals surface area contributed by atoms with Gasteiger partial charge in [0.05, 0.1) is 23.9 Å². The Morgan fingerprint density at radius 1 is 1.04 bits per heavy atom. The molecule has 0 saturated carbocycles. The minimum Gasteiger partial charge on any atom is -0.497 e. The third kappa shape index (κ3) is 3.49. The summed E-state index contributed by atoms with van der Waals surface area (Å²) in [6, 6.07) is 17.1.